The van der Waals surface area contributed by atoms with Crippen LogP contribution >= 0.6 is 0 Å². The predicted molar refractivity (Wildman–Crippen MR) is 110 cm³/mol. The maximum Gasteiger partial charge on any atom is 0.419 e. The van der Waals surface area contributed by atoms with Gasteiger partial charge in [0.1, 0.15) is 11.6 Å². The molecule has 3 N–H and O–H groups in total. The molecule has 0 radical (unpaired) electrons. The van der Waals surface area contributed by atoms with Gasteiger partial charge in [-0.2, -0.15) is 13.2 Å². The van der Waals surface area contributed by atoms with Gasteiger partial charge in [0, 0.05) is 33.8 Å². The predicted octanol–water partition coefficient (Wildman–Crippen LogP) is 4.62. The number of alkyl halides is 3. The van der Waals surface area contributed by atoms with Crippen LogP contribution in [0.4, 0.5) is 17.6 Å². The van der Waals surface area contributed by atoms with Crippen molar-refractivity contribution in [3.05, 3.63) is 94.2 Å². The van der Waals surface area contributed by atoms with Gasteiger partial charge in [-0.15, -0.1) is 0 Å². The number of primary amides is 1. The number of halogens is 4. The Balaban J connectivity index is 2.03. The van der Waals surface area contributed by atoms with Crippen LogP contribution in [-0.4, -0.2) is 15.6 Å². The standard InChI is InChI=1S/C23H14F4N2O3/c24-20-9-12(4-7-19(20)23(25,26)27)18-11-29(14-3-1-2-13(8-14)21(28)31)22(32)16-6-5-15(30)10-17(16)18/h1-11,30H,(H2,28,31). The van der Waals surface area contributed by atoms with Gasteiger partial charge in [-0.3, -0.25) is 14.2 Å². The van der Waals surface area contributed by atoms with Gasteiger partial charge in [0.15, 0.2) is 0 Å². The van der Waals surface area contributed by atoms with Gasteiger partial charge in [-0.1, -0.05) is 12.1 Å². The van der Waals surface area contributed by atoms with E-state index in [1.54, 1.807) is 0 Å². The topological polar surface area (TPSA) is 85.3 Å². The molecule has 32 heavy (non-hydrogen) atoms. The second-order valence-corrected chi connectivity index (χ2v) is 7.05. The van der Waals surface area contributed by atoms with Crippen LogP contribution in [0.25, 0.3) is 27.6 Å². The van der Waals surface area contributed by atoms with Crippen molar-refractivity contribution in [1.29, 1.82) is 0 Å². The Kier molecular flexibility index (Phi) is 4.96. The van der Waals surface area contributed by atoms with Gasteiger partial charge in [0.05, 0.1) is 5.56 Å². The van der Waals surface area contributed by atoms with Crippen LogP contribution in [0, 0.1) is 5.82 Å². The second-order valence-electron chi connectivity index (χ2n) is 7.05. The van der Waals surface area contributed by atoms with E-state index in [0.29, 0.717) is 6.07 Å². The highest BCUT2D eigenvalue weighted by Gasteiger charge is 2.34. The van der Waals surface area contributed by atoms with E-state index in [-0.39, 0.29) is 38.9 Å². The van der Waals surface area contributed by atoms with E-state index in [1.165, 1.54) is 53.2 Å². The van der Waals surface area contributed by atoms with Gasteiger partial charge >= 0.3 is 6.18 Å². The summed E-state index contributed by atoms with van der Waals surface area (Å²) in [6.45, 7) is 0. The van der Waals surface area contributed by atoms with E-state index in [0.717, 1.165) is 12.1 Å². The Morgan fingerprint density at radius 2 is 1.72 bits per heavy atom. The Hall–Kier alpha value is -4.14. The lowest BCUT2D eigenvalue weighted by Crippen LogP contribution is -2.19. The molecule has 1 amide bonds. The zero-order valence-corrected chi connectivity index (χ0v) is 16.2. The molecule has 1 heterocycles. The van der Waals surface area contributed by atoms with Crippen molar-refractivity contribution >= 4 is 16.7 Å². The highest BCUT2D eigenvalue weighted by atomic mass is 19.4. The Morgan fingerprint density at radius 3 is 2.38 bits per heavy atom. The minimum atomic E-state index is -4.86. The number of hydrogen-bond acceptors (Lipinski definition) is 3. The number of rotatable bonds is 3. The third kappa shape index (κ3) is 3.68. The number of carbonyl (C=O) groups excluding carboxylic acids is 1. The fraction of sp³-hybridized carbons (Fsp3) is 0.0435. The Labute approximate surface area is 178 Å². The first-order valence-electron chi connectivity index (χ1n) is 9.22. The number of nitrogens with zero attached hydrogens (tertiary/aromatic N) is 1. The Bertz CT molecular complexity index is 1440. The first-order chi connectivity index (χ1) is 15.1. The largest absolute Gasteiger partial charge is 0.508 e. The van der Waals surface area contributed by atoms with E-state index in [1.807, 2.05) is 0 Å². The molecule has 162 valence electrons. The second kappa shape index (κ2) is 7.52. The summed E-state index contributed by atoms with van der Waals surface area (Å²) < 4.78 is 54.4. The summed E-state index contributed by atoms with van der Waals surface area (Å²) in [7, 11) is 0. The van der Waals surface area contributed by atoms with Crippen molar-refractivity contribution in [3.63, 3.8) is 0 Å². The molecule has 0 saturated heterocycles. The van der Waals surface area contributed by atoms with Crippen molar-refractivity contribution in [1.82, 2.24) is 4.57 Å². The van der Waals surface area contributed by atoms with Crippen LogP contribution in [-0.2, 0) is 6.18 Å². The zero-order chi connectivity index (χ0) is 23.2. The lowest BCUT2D eigenvalue weighted by Gasteiger charge is -2.15. The first kappa shape index (κ1) is 21.1. The maximum absolute atomic E-state index is 14.3. The number of aromatic hydroxyl groups is 1. The lowest BCUT2D eigenvalue weighted by atomic mass is 9.98. The van der Waals surface area contributed by atoms with Crippen molar-refractivity contribution in [2.24, 2.45) is 5.73 Å². The van der Waals surface area contributed by atoms with E-state index in [4.69, 9.17) is 5.73 Å². The number of benzene rings is 3. The molecule has 1 aromatic heterocycles. The molecule has 0 bridgehead atoms. The van der Waals surface area contributed by atoms with Crippen LogP contribution in [0.5, 0.6) is 5.75 Å². The van der Waals surface area contributed by atoms with Crippen LogP contribution in [0.3, 0.4) is 0 Å². The number of nitrogens with two attached hydrogens (primary N) is 1. The minimum Gasteiger partial charge on any atom is -0.508 e. The van der Waals surface area contributed by atoms with Crippen LogP contribution < -0.4 is 11.3 Å². The molecule has 0 atom stereocenters. The molecular formula is C23H14F4N2O3. The number of hydrogen-bond donors (Lipinski definition) is 2. The smallest absolute Gasteiger partial charge is 0.419 e. The number of carbonyl (C=O) groups is 1. The molecular weight excluding hydrogens is 428 g/mol. The summed E-state index contributed by atoms with van der Waals surface area (Å²) >= 11 is 0. The van der Waals surface area contributed by atoms with Crippen molar-refractivity contribution in [2.75, 3.05) is 0 Å². The van der Waals surface area contributed by atoms with Crippen LogP contribution in [0.2, 0.25) is 0 Å². The fourth-order valence-corrected chi connectivity index (χ4v) is 3.47. The van der Waals surface area contributed by atoms with Crippen molar-refractivity contribution < 1.29 is 27.5 Å². The molecule has 0 fully saturated rings. The number of aromatic nitrogens is 1. The van der Waals surface area contributed by atoms with Crippen LogP contribution in [0.15, 0.2) is 71.7 Å². The summed E-state index contributed by atoms with van der Waals surface area (Å²) in [6, 6.07) is 12.2. The molecule has 0 unspecified atom stereocenters. The van der Waals surface area contributed by atoms with E-state index >= 15 is 0 Å². The normalized spacial score (nSPS) is 11.6. The molecule has 0 aliphatic rings. The Morgan fingerprint density at radius 1 is 0.969 bits per heavy atom. The number of pyridine rings is 1. The third-order valence-electron chi connectivity index (χ3n) is 5.00. The maximum atomic E-state index is 14.3. The minimum absolute atomic E-state index is 0.0610. The summed E-state index contributed by atoms with van der Waals surface area (Å²) in [6.07, 6.45) is -3.55. The highest BCUT2D eigenvalue weighted by Crippen LogP contribution is 2.35. The van der Waals surface area contributed by atoms with Crippen LogP contribution in [0.1, 0.15) is 15.9 Å². The van der Waals surface area contributed by atoms with E-state index in [9.17, 15) is 32.3 Å². The quantitative estimate of drug-likeness (QED) is 0.454. The number of amides is 1. The third-order valence-corrected chi connectivity index (χ3v) is 5.00. The molecule has 9 heteroatoms. The SMILES string of the molecule is NC(=O)c1cccc(-n2cc(-c3ccc(C(F)(F)F)c(F)c3)c3cc(O)ccc3c2=O)c1. The number of phenols is 1. The molecule has 4 rings (SSSR count). The van der Waals surface area contributed by atoms with Gasteiger partial charge in [-0.05, 0) is 54.1 Å². The highest BCUT2D eigenvalue weighted by molar-refractivity contribution is 5.97. The van der Waals surface area contributed by atoms with E-state index < -0.39 is 29.0 Å². The number of fused-ring (bicyclic) bond motifs is 1. The monoisotopic (exact) mass is 442 g/mol. The van der Waals surface area contributed by atoms with Crippen molar-refractivity contribution in [3.8, 4) is 22.6 Å². The van der Waals surface area contributed by atoms with Gasteiger partial charge < -0.3 is 10.8 Å². The molecule has 4 aromatic rings. The van der Waals surface area contributed by atoms with E-state index in [2.05, 4.69) is 0 Å². The fourth-order valence-electron chi connectivity index (χ4n) is 3.47. The summed E-state index contributed by atoms with van der Waals surface area (Å²) in [5.74, 6) is -2.37. The molecule has 0 spiro atoms. The number of phenolic OH excluding ortho intramolecular Hbond substituents is 1. The average molecular weight is 442 g/mol. The summed E-state index contributed by atoms with van der Waals surface area (Å²) in [4.78, 5) is 24.6. The lowest BCUT2D eigenvalue weighted by molar-refractivity contribution is -0.139. The first-order valence-corrected chi connectivity index (χ1v) is 9.22. The average Bonchev–Trinajstić information content (AvgIpc) is 2.73. The summed E-state index contributed by atoms with van der Waals surface area (Å²) in [5.41, 5.74) is 4.05. The molecule has 3 aromatic carbocycles. The van der Waals surface area contributed by atoms with Gasteiger partial charge in [0.25, 0.3) is 5.56 Å². The summed E-state index contributed by atoms with van der Waals surface area (Å²) in [5, 5.41) is 10.2. The molecule has 5 nitrogen and oxygen atoms in total. The molecule has 0 aliphatic heterocycles. The zero-order valence-electron chi connectivity index (χ0n) is 16.2. The van der Waals surface area contributed by atoms with Crippen molar-refractivity contribution in [2.45, 2.75) is 6.18 Å². The molecule has 0 aliphatic carbocycles. The van der Waals surface area contributed by atoms with Gasteiger partial charge in [-0.25, -0.2) is 4.39 Å². The van der Waals surface area contributed by atoms with Gasteiger partial charge in [0.2, 0.25) is 5.91 Å². The molecule has 0 saturated carbocycles.